The van der Waals surface area contributed by atoms with Crippen LogP contribution in [0, 0.1) is 63.5 Å². The van der Waals surface area contributed by atoms with Gasteiger partial charge in [0.05, 0.1) is 5.76 Å². The van der Waals surface area contributed by atoms with E-state index in [2.05, 4.69) is 145 Å². The van der Waals surface area contributed by atoms with Gasteiger partial charge in [-0.15, -0.1) is 69.8 Å². The molecule has 1 radical (unpaired) electrons. The summed E-state index contributed by atoms with van der Waals surface area (Å²) in [5, 5.41) is 14.8. The summed E-state index contributed by atoms with van der Waals surface area (Å²) >= 11 is 0. The van der Waals surface area contributed by atoms with Crippen LogP contribution in [0.25, 0.3) is 44.5 Å². The van der Waals surface area contributed by atoms with E-state index in [4.69, 9.17) is 4.98 Å². The van der Waals surface area contributed by atoms with Crippen molar-refractivity contribution in [2.24, 2.45) is 23.7 Å². The fourth-order valence-electron chi connectivity index (χ4n) is 8.63. The second kappa shape index (κ2) is 23.1. The molecule has 0 fully saturated rings. The number of hydrogen-bond acceptors (Lipinski definition) is 4. The number of fused-ring (bicyclic) bond motifs is 1. The van der Waals surface area contributed by atoms with E-state index in [1.165, 1.54) is 66.6 Å². The normalized spacial score (nSPS) is 12.1. The molecular weight excluding hydrogens is 937 g/mol. The van der Waals surface area contributed by atoms with E-state index in [0.717, 1.165) is 66.6 Å². The minimum atomic E-state index is 0. The molecule has 6 aromatic rings. The minimum Gasteiger partial charge on any atom is -0.512 e. The molecule has 0 bridgehead atoms. The van der Waals surface area contributed by atoms with Crippen LogP contribution in [0.2, 0.25) is 0 Å². The average molecular weight is 1010 g/mol. The Labute approximate surface area is 386 Å². The van der Waals surface area contributed by atoms with Crippen LogP contribution in [0.5, 0.6) is 0 Å². The van der Waals surface area contributed by atoms with Crippen LogP contribution in [-0.4, -0.2) is 20.9 Å². The Morgan fingerprint density at radius 1 is 0.645 bits per heavy atom. The number of aliphatic hydroxyl groups is 1. The summed E-state index contributed by atoms with van der Waals surface area (Å²) in [6.07, 6.45) is 13.3. The summed E-state index contributed by atoms with van der Waals surface area (Å²) in [5.74, 6) is 1.88. The Morgan fingerprint density at radius 2 is 1.18 bits per heavy atom. The van der Waals surface area contributed by atoms with Gasteiger partial charge < -0.3 is 10.1 Å². The molecule has 1 aliphatic carbocycles. The van der Waals surface area contributed by atoms with Gasteiger partial charge in [0.25, 0.3) is 0 Å². The topological polar surface area (TPSA) is 63.1 Å². The maximum Gasteiger partial charge on any atom is 0.162 e. The van der Waals surface area contributed by atoms with E-state index in [-0.39, 0.29) is 43.5 Å². The van der Waals surface area contributed by atoms with Crippen molar-refractivity contribution in [3.05, 3.63) is 153 Å². The van der Waals surface area contributed by atoms with Gasteiger partial charge in [-0.2, -0.15) is 0 Å². The molecule has 0 unspecified atom stereocenters. The molecule has 5 heteroatoms. The summed E-state index contributed by atoms with van der Waals surface area (Å²) < 4.78 is 0. The number of rotatable bonds is 13. The first-order chi connectivity index (χ1) is 29.1. The Hall–Kier alpha value is -4.70. The zero-order valence-corrected chi connectivity index (χ0v) is 41.7. The van der Waals surface area contributed by atoms with Crippen molar-refractivity contribution in [3.8, 4) is 11.3 Å². The quantitative estimate of drug-likeness (QED) is 0.0710. The predicted molar refractivity (Wildman–Crippen MR) is 260 cm³/mol. The van der Waals surface area contributed by atoms with Crippen LogP contribution >= 0.6 is 0 Å². The minimum absolute atomic E-state index is 0. The number of nitrogens with zero attached hydrogens (tertiary/aromatic N) is 2. The molecule has 62 heavy (non-hydrogen) atoms. The second-order valence-corrected chi connectivity index (χ2v) is 17.9. The maximum atomic E-state index is 11.7. The number of allylic oxidation sites excluding steroid dienone is 2. The van der Waals surface area contributed by atoms with Crippen LogP contribution in [0.3, 0.4) is 0 Å². The Balaban J connectivity index is 0.000000209. The molecule has 0 spiro atoms. The van der Waals surface area contributed by atoms with Crippen LogP contribution in [0.15, 0.2) is 91.0 Å². The van der Waals surface area contributed by atoms with E-state index in [0.29, 0.717) is 11.8 Å². The standard InChI is InChI=1S/C23H22N.C21H22N.C13H24O2.Ir/c1-14(2)7-17-11-18-5-6-24-23-21(13-20(12-17)22(18)23)19-9-15(3)8-16(4)10-19;1-14(2)9-17-5-6-20-18(13-17)7-8-22-21(20)19-11-15(3)10-16(4)12-19;1-5-10(6-2)12(14)9-13(15)11(7-3)8-4;/h5-6,8-9,11-14H,7H2,1-4H3;5-8,10-11,13-14H,9H2,1-4H3;9-11,14H,5-8H2,1-4H3;/q2*-1;;/b;;12-9-;. The van der Waals surface area contributed by atoms with Gasteiger partial charge in [-0.1, -0.05) is 125 Å². The fraction of sp³-hybridized carbons (Fsp3) is 0.386. The van der Waals surface area contributed by atoms with Crippen molar-refractivity contribution in [2.75, 3.05) is 0 Å². The fourth-order valence-corrected chi connectivity index (χ4v) is 8.63. The Morgan fingerprint density at radius 3 is 1.76 bits per heavy atom. The number of hydrogen-bond donors (Lipinski definition) is 1. The van der Waals surface area contributed by atoms with Gasteiger partial charge in [0.15, 0.2) is 5.78 Å². The van der Waals surface area contributed by atoms with Crippen molar-refractivity contribution in [2.45, 2.75) is 122 Å². The first-order valence-corrected chi connectivity index (χ1v) is 22.6. The smallest absolute Gasteiger partial charge is 0.162 e. The van der Waals surface area contributed by atoms with Gasteiger partial charge in [-0.25, -0.2) is 0 Å². The van der Waals surface area contributed by atoms with Crippen molar-refractivity contribution < 1.29 is 30.0 Å². The molecule has 4 aromatic carbocycles. The SMILES string of the molecule is CCC(CC)C(=O)/C=C(\O)C(CC)CC.Cc1[c-]c(-c2nccc3cc(CC(C)C)ccc23)cc(C)c1.Cc1[c-]c(C2=Cc3cc(CC(C)C)cc4ccnc2c34)cc(C)c1.[Ir]. The monoisotopic (exact) mass is 1010 g/mol. The molecule has 4 nitrogen and oxygen atoms in total. The molecule has 329 valence electrons. The third-order valence-electron chi connectivity index (χ3n) is 11.5. The largest absolute Gasteiger partial charge is 0.512 e. The summed E-state index contributed by atoms with van der Waals surface area (Å²) in [5.41, 5.74) is 14.5. The first-order valence-electron chi connectivity index (χ1n) is 22.6. The third kappa shape index (κ3) is 12.9. The molecule has 1 aliphatic rings. The van der Waals surface area contributed by atoms with E-state index in [9.17, 15) is 9.90 Å². The van der Waals surface area contributed by atoms with Gasteiger partial charge in [-0.05, 0) is 101 Å². The number of ketones is 1. The van der Waals surface area contributed by atoms with Gasteiger partial charge in [-0.3, -0.25) is 9.78 Å². The van der Waals surface area contributed by atoms with E-state index >= 15 is 0 Å². The van der Waals surface area contributed by atoms with E-state index in [1.807, 2.05) is 40.1 Å². The van der Waals surface area contributed by atoms with Crippen molar-refractivity contribution >= 4 is 39.0 Å². The molecule has 0 saturated carbocycles. The average Bonchev–Trinajstić information content (AvgIpc) is 3.57. The molecule has 0 amide bonds. The number of aliphatic hydroxyl groups excluding tert-OH is 1. The number of benzene rings is 4. The summed E-state index contributed by atoms with van der Waals surface area (Å²) in [4.78, 5) is 21.0. The Kier molecular flexibility index (Phi) is 18.6. The van der Waals surface area contributed by atoms with Crippen molar-refractivity contribution in [3.63, 3.8) is 0 Å². The first kappa shape index (κ1) is 49.9. The second-order valence-electron chi connectivity index (χ2n) is 17.9. The third-order valence-corrected chi connectivity index (χ3v) is 11.5. The predicted octanol–water partition coefficient (Wildman–Crippen LogP) is 15.1. The molecule has 0 aliphatic heterocycles. The van der Waals surface area contributed by atoms with Gasteiger partial charge >= 0.3 is 0 Å². The van der Waals surface area contributed by atoms with Crippen LogP contribution in [0.4, 0.5) is 0 Å². The molecule has 2 heterocycles. The maximum absolute atomic E-state index is 11.7. The van der Waals surface area contributed by atoms with E-state index < -0.39 is 0 Å². The summed E-state index contributed by atoms with van der Waals surface area (Å²) in [7, 11) is 0. The van der Waals surface area contributed by atoms with Crippen molar-refractivity contribution in [1.29, 1.82) is 0 Å². The molecule has 0 atom stereocenters. The number of pyridine rings is 2. The summed E-state index contributed by atoms with van der Waals surface area (Å²) in [6.45, 7) is 25.6. The number of carbonyl (C=O) groups is 1. The molecule has 2 aromatic heterocycles. The van der Waals surface area contributed by atoms with Crippen LogP contribution < -0.4 is 0 Å². The van der Waals surface area contributed by atoms with Crippen molar-refractivity contribution in [1.82, 2.24) is 9.97 Å². The van der Waals surface area contributed by atoms with Gasteiger partial charge in [0.1, 0.15) is 0 Å². The van der Waals surface area contributed by atoms with Crippen LogP contribution in [-0.2, 0) is 37.7 Å². The zero-order valence-electron chi connectivity index (χ0n) is 39.3. The molecule has 1 N–H and O–H groups in total. The zero-order chi connectivity index (χ0) is 44.4. The number of aryl methyl sites for hydroxylation is 4. The molecular formula is C57H68IrN2O2-2. The number of carbonyl (C=O) groups excluding carboxylic acids is 1. The van der Waals surface area contributed by atoms with E-state index in [1.54, 1.807) is 0 Å². The van der Waals surface area contributed by atoms with Gasteiger partial charge in [0.2, 0.25) is 0 Å². The van der Waals surface area contributed by atoms with Crippen LogP contribution in [0.1, 0.15) is 131 Å². The summed E-state index contributed by atoms with van der Waals surface area (Å²) in [6, 6.07) is 31.3. The Bertz CT molecular complexity index is 2480. The molecule has 7 rings (SSSR count). The van der Waals surface area contributed by atoms with Gasteiger partial charge in [0, 0.05) is 61.5 Å². The molecule has 0 saturated heterocycles. The number of aromatic nitrogens is 2.